The monoisotopic (exact) mass is 153 g/mol. The average Bonchev–Trinajstić information content (AvgIpc) is 1.98. The van der Waals surface area contributed by atoms with Crippen LogP contribution in [-0.4, -0.2) is 5.78 Å². The number of carbonyl (C=O) groups excluding carboxylic acids is 1. The lowest BCUT2D eigenvalue weighted by Crippen LogP contribution is -2.15. The molecule has 1 aliphatic carbocycles. The Balaban J connectivity index is 2.39. The first-order valence-electron chi connectivity index (χ1n) is 4.66. The summed E-state index contributed by atoms with van der Waals surface area (Å²) in [6.45, 7) is 3.81. The van der Waals surface area contributed by atoms with Crippen LogP contribution in [0.25, 0.3) is 0 Å². The van der Waals surface area contributed by atoms with E-state index in [0.717, 1.165) is 25.7 Å². The molecule has 1 saturated carbocycles. The smallest absolute Gasteiger partial charge is 0.135 e. The molecular formula is C10H17O. The van der Waals surface area contributed by atoms with Crippen LogP contribution in [-0.2, 0) is 4.79 Å². The van der Waals surface area contributed by atoms with Gasteiger partial charge in [-0.2, -0.15) is 0 Å². The standard InChI is InChI=1S/C10H17O/c1-2-9-7-5-3-4-6-8-10(9)11/h9H,1-8H2. The molecule has 0 N–H and O–H groups in total. The number of Topliss-reactive ketones (excluding diaryl/α,β-unsaturated/α-hetero) is 1. The van der Waals surface area contributed by atoms with E-state index in [4.69, 9.17) is 0 Å². The molecule has 1 atom stereocenters. The van der Waals surface area contributed by atoms with Crippen LogP contribution in [0.15, 0.2) is 0 Å². The Bertz CT molecular complexity index is 129. The summed E-state index contributed by atoms with van der Waals surface area (Å²) in [6.07, 6.45) is 7.59. The highest BCUT2D eigenvalue weighted by atomic mass is 16.1. The molecule has 1 unspecified atom stereocenters. The fraction of sp³-hybridized carbons (Fsp3) is 0.800. The van der Waals surface area contributed by atoms with E-state index >= 15 is 0 Å². The fourth-order valence-corrected chi connectivity index (χ4v) is 1.71. The van der Waals surface area contributed by atoms with Crippen molar-refractivity contribution >= 4 is 5.78 Å². The highest BCUT2D eigenvalue weighted by Gasteiger charge is 2.16. The van der Waals surface area contributed by atoms with Crippen LogP contribution in [0.5, 0.6) is 0 Å². The molecule has 0 spiro atoms. The van der Waals surface area contributed by atoms with Gasteiger partial charge in [0.15, 0.2) is 0 Å². The van der Waals surface area contributed by atoms with E-state index in [1.165, 1.54) is 19.3 Å². The Kier molecular flexibility index (Phi) is 3.61. The summed E-state index contributed by atoms with van der Waals surface area (Å²) < 4.78 is 0. The van der Waals surface area contributed by atoms with Gasteiger partial charge in [0.05, 0.1) is 0 Å². The maximum absolute atomic E-state index is 11.4. The van der Waals surface area contributed by atoms with Crippen molar-refractivity contribution in [2.45, 2.75) is 44.9 Å². The van der Waals surface area contributed by atoms with Crippen molar-refractivity contribution in [2.75, 3.05) is 0 Å². The number of carbonyl (C=O) groups is 1. The molecule has 1 radical (unpaired) electrons. The van der Waals surface area contributed by atoms with E-state index in [2.05, 4.69) is 6.92 Å². The second-order valence-corrected chi connectivity index (χ2v) is 3.40. The highest BCUT2D eigenvalue weighted by Crippen LogP contribution is 2.21. The van der Waals surface area contributed by atoms with Gasteiger partial charge in [0.1, 0.15) is 5.78 Å². The SMILES string of the molecule is [CH2]CC1CCCCCCC1=O. The Labute approximate surface area is 69.2 Å². The number of ketones is 1. The van der Waals surface area contributed by atoms with Crippen molar-refractivity contribution in [1.82, 2.24) is 0 Å². The van der Waals surface area contributed by atoms with Gasteiger partial charge < -0.3 is 0 Å². The molecule has 1 nitrogen and oxygen atoms in total. The predicted octanol–water partition coefficient (Wildman–Crippen LogP) is 2.75. The second-order valence-electron chi connectivity index (χ2n) is 3.40. The van der Waals surface area contributed by atoms with Gasteiger partial charge in [-0.25, -0.2) is 0 Å². The number of rotatable bonds is 1. The lowest BCUT2D eigenvalue weighted by molar-refractivity contribution is -0.123. The van der Waals surface area contributed by atoms with Crippen LogP contribution in [0.2, 0.25) is 0 Å². The molecule has 0 heterocycles. The number of hydrogen-bond donors (Lipinski definition) is 0. The van der Waals surface area contributed by atoms with Crippen molar-refractivity contribution in [3.05, 3.63) is 6.92 Å². The maximum Gasteiger partial charge on any atom is 0.135 e. The van der Waals surface area contributed by atoms with E-state index in [0.29, 0.717) is 5.78 Å². The van der Waals surface area contributed by atoms with E-state index in [1.807, 2.05) is 0 Å². The molecule has 0 saturated heterocycles. The Morgan fingerprint density at radius 3 is 2.73 bits per heavy atom. The van der Waals surface area contributed by atoms with Gasteiger partial charge in [-0.3, -0.25) is 4.79 Å². The van der Waals surface area contributed by atoms with Gasteiger partial charge in [-0.1, -0.05) is 26.2 Å². The Morgan fingerprint density at radius 2 is 2.00 bits per heavy atom. The molecule has 0 amide bonds. The molecule has 0 aliphatic heterocycles. The van der Waals surface area contributed by atoms with Gasteiger partial charge in [-0.15, -0.1) is 0 Å². The molecule has 11 heavy (non-hydrogen) atoms. The Hall–Kier alpha value is -0.330. The van der Waals surface area contributed by atoms with Gasteiger partial charge >= 0.3 is 0 Å². The van der Waals surface area contributed by atoms with Gasteiger partial charge in [0.25, 0.3) is 0 Å². The van der Waals surface area contributed by atoms with Crippen molar-refractivity contribution in [1.29, 1.82) is 0 Å². The fourth-order valence-electron chi connectivity index (χ4n) is 1.71. The molecule has 1 fully saturated rings. The number of hydrogen-bond acceptors (Lipinski definition) is 1. The van der Waals surface area contributed by atoms with Gasteiger partial charge in [0, 0.05) is 12.3 Å². The van der Waals surface area contributed by atoms with Crippen LogP contribution in [0.3, 0.4) is 0 Å². The zero-order valence-electron chi connectivity index (χ0n) is 7.14. The molecule has 0 aromatic rings. The van der Waals surface area contributed by atoms with Gasteiger partial charge in [-0.05, 0) is 19.3 Å². The van der Waals surface area contributed by atoms with E-state index in [-0.39, 0.29) is 5.92 Å². The predicted molar refractivity (Wildman–Crippen MR) is 46.2 cm³/mol. The summed E-state index contributed by atoms with van der Waals surface area (Å²) >= 11 is 0. The third-order valence-corrected chi connectivity index (χ3v) is 2.53. The lowest BCUT2D eigenvalue weighted by atomic mass is 9.88. The maximum atomic E-state index is 11.4. The summed E-state index contributed by atoms with van der Waals surface area (Å²) in [4.78, 5) is 11.4. The molecule has 0 bridgehead atoms. The van der Waals surface area contributed by atoms with Gasteiger partial charge in [0.2, 0.25) is 0 Å². The van der Waals surface area contributed by atoms with Crippen LogP contribution < -0.4 is 0 Å². The zero-order valence-corrected chi connectivity index (χ0v) is 7.14. The summed E-state index contributed by atoms with van der Waals surface area (Å²) in [5, 5.41) is 0. The van der Waals surface area contributed by atoms with Crippen molar-refractivity contribution in [3.8, 4) is 0 Å². The molecule has 1 rings (SSSR count). The largest absolute Gasteiger partial charge is 0.299 e. The first kappa shape index (κ1) is 8.76. The normalized spacial score (nSPS) is 27.7. The average molecular weight is 153 g/mol. The third kappa shape index (κ3) is 2.64. The summed E-state index contributed by atoms with van der Waals surface area (Å²) in [6, 6.07) is 0. The molecular weight excluding hydrogens is 136 g/mol. The molecule has 0 aromatic carbocycles. The Morgan fingerprint density at radius 1 is 1.27 bits per heavy atom. The van der Waals surface area contributed by atoms with E-state index in [1.54, 1.807) is 0 Å². The molecule has 63 valence electrons. The quantitative estimate of drug-likeness (QED) is 0.566. The zero-order chi connectivity index (χ0) is 8.10. The first-order chi connectivity index (χ1) is 5.34. The van der Waals surface area contributed by atoms with Crippen LogP contribution in [0.4, 0.5) is 0 Å². The first-order valence-corrected chi connectivity index (χ1v) is 4.66. The summed E-state index contributed by atoms with van der Waals surface area (Å²) in [5.41, 5.74) is 0. The van der Waals surface area contributed by atoms with Crippen LogP contribution in [0, 0.1) is 12.8 Å². The summed E-state index contributed by atoms with van der Waals surface area (Å²) in [7, 11) is 0. The minimum atomic E-state index is 0.287. The minimum absolute atomic E-state index is 0.287. The van der Waals surface area contributed by atoms with Crippen molar-refractivity contribution in [2.24, 2.45) is 5.92 Å². The minimum Gasteiger partial charge on any atom is -0.299 e. The topological polar surface area (TPSA) is 17.1 Å². The molecule has 1 heteroatoms. The van der Waals surface area contributed by atoms with Crippen LogP contribution >= 0.6 is 0 Å². The van der Waals surface area contributed by atoms with Crippen molar-refractivity contribution in [3.63, 3.8) is 0 Å². The van der Waals surface area contributed by atoms with Crippen LogP contribution in [0.1, 0.15) is 44.9 Å². The molecule has 0 aromatic heterocycles. The van der Waals surface area contributed by atoms with E-state index < -0.39 is 0 Å². The third-order valence-electron chi connectivity index (χ3n) is 2.53. The second kappa shape index (κ2) is 4.53. The van der Waals surface area contributed by atoms with E-state index in [9.17, 15) is 4.79 Å². The lowest BCUT2D eigenvalue weighted by Gasteiger charge is -2.16. The summed E-state index contributed by atoms with van der Waals surface area (Å²) in [5.74, 6) is 0.745. The molecule has 1 aliphatic rings. The highest BCUT2D eigenvalue weighted by molar-refractivity contribution is 5.81. The van der Waals surface area contributed by atoms with Crippen molar-refractivity contribution < 1.29 is 4.79 Å².